The van der Waals surface area contributed by atoms with Gasteiger partial charge in [0.1, 0.15) is 5.69 Å². The molecule has 3 rings (SSSR count). The summed E-state index contributed by atoms with van der Waals surface area (Å²) >= 11 is 3.13. The van der Waals surface area contributed by atoms with Crippen molar-refractivity contribution in [2.45, 2.75) is 23.8 Å². The Morgan fingerprint density at radius 1 is 1.67 bits per heavy atom. The molecule has 0 saturated carbocycles. The number of carbonyl (C=O) groups is 1. The quantitative estimate of drug-likeness (QED) is 0.475. The maximum Gasteiger partial charge on any atom is 0.211 e. The van der Waals surface area contributed by atoms with Crippen LogP contribution in [0, 0.1) is 11.3 Å². The van der Waals surface area contributed by atoms with Gasteiger partial charge in [-0.3, -0.25) is 4.79 Å². The molecule has 0 aliphatic carbocycles. The summed E-state index contributed by atoms with van der Waals surface area (Å²) in [4.78, 5) is 13.7. The Balaban J connectivity index is 2.07. The number of thioether (sulfide) groups is 1. The first-order chi connectivity index (χ1) is 10.3. The number of nitriles is 1. The molecule has 5 heteroatoms. The second-order valence-electron chi connectivity index (χ2n) is 4.84. The largest absolute Gasteiger partial charge is 0.340 e. The van der Waals surface area contributed by atoms with E-state index in [1.54, 1.807) is 11.8 Å². The van der Waals surface area contributed by atoms with Crippen molar-refractivity contribution < 1.29 is 4.79 Å². The average Bonchev–Trinajstić information content (AvgIpc) is 3.19. The molecule has 3 nitrogen and oxygen atoms in total. The normalized spacial score (nSPS) is 16.4. The zero-order valence-electron chi connectivity index (χ0n) is 11.4. The van der Waals surface area contributed by atoms with E-state index in [1.165, 1.54) is 11.3 Å². The summed E-state index contributed by atoms with van der Waals surface area (Å²) < 4.78 is 2.03. The average molecular weight is 314 g/mol. The highest BCUT2D eigenvalue weighted by atomic mass is 32.2. The summed E-state index contributed by atoms with van der Waals surface area (Å²) in [6.45, 7) is 4.47. The molecule has 3 heterocycles. The van der Waals surface area contributed by atoms with E-state index < -0.39 is 0 Å². The molecule has 1 unspecified atom stereocenters. The van der Waals surface area contributed by atoms with Gasteiger partial charge in [0.25, 0.3) is 0 Å². The molecule has 0 bridgehead atoms. The van der Waals surface area contributed by atoms with Crippen LogP contribution in [0.1, 0.15) is 34.1 Å². The summed E-state index contributed by atoms with van der Waals surface area (Å²) in [5.74, 6) is 0.703. The smallest absolute Gasteiger partial charge is 0.211 e. The highest BCUT2D eigenvalue weighted by Gasteiger charge is 2.30. The Bertz CT molecular complexity index is 722. The molecule has 0 fully saturated rings. The lowest BCUT2D eigenvalue weighted by Crippen LogP contribution is -2.09. The summed E-state index contributed by atoms with van der Waals surface area (Å²) in [7, 11) is 0. The third kappa shape index (κ3) is 2.45. The van der Waals surface area contributed by atoms with Crippen LogP contribution in [0.2, 0.25) is 0 Å². The number of fused-ring (bicyclic) bond motifs is 1. The summed E-state index contributed by atoms with van der Waals surface area (Å²) in [5.41, 5.74) is 2.43. The number of ketones is 1. The molecule has 0 aromatic carbocycles. The number of aromatic nitrogens is 1. The summed E-state index contributed by atoms with van der Waals surface area (Å²) in [6.07, 6.45) is 2.62. The van der Waals surface area contributed by atoms with Crippen LogP contribution in [0.3, 0.4) is 0 Å². The number of rotatable bonds is 5. The van der Waals surface area contributed by atoms with Crippen LogP contribution in [0.5, 0.6) is 0 Å². The van der Waals surface area contributed by atoms with Crippen molar-refractivity contribution in [2.24, 2.45) is 0 Å². The van der Waals surface area contributed by atoms with E-state index in [0.29, 0.717) is 0 Å². The second kappa shape index (κ2) is 5.92. The molecule has 1 atom stereocenters. The molecule has 0 saturated heterocycles. The van der Waals surface area contributed by atoms with Gasteiger partial charge in [-0.05, 0) is 23.9 Å². The predicted molar refractivity (Wildman–Crippen MR) is 86.1 cm³/mol. The molecular formula is C16H14N2OS2. The maximum atomic E-state index is 12.8. The minimum Gasteiger partial charge on any atom is -0.340 e. The van der Waals surface area contributed by atoms with E-state index in [9.17, 15) is 10.1 Å². The summed E-state index contributed by atoms with van der Waals surface area (Å²) in [5, 5.41) is 13.0. The van der Waals surface area contributed by atoms with Gasteiger partial charge in [0.15, 0.2) is 0 Å². The van der Waals surface area contributed by atoms with E-state index in [0.717, 1.165) is 40.6 Å². The minimum absolute atomic E-state index is 0.0488. The van der Waals surface area contributed by atoms with Crippen LogP contribution >= 0.6 is 23.1 Å². The van der Waals surface area contributed by atoms with Gasteiger partial charge >= 0.3 is 0 Å². The van der Waals surface area contributed by atoms with Gasteiger partial charge in [-0.1, -0.05) is 6.08 Å². The van der Waals surface area contributed by atoms with Crippen LogP contribution in [0.4, 0.5) is 0 Å². The van der Waals surface area contributed by atoms with Gasteiger partial charge in [0.2, 0.25) is 5.78 Å². The Morgan fingerprint density at radius 2 is 2.52 bits per heavy atom. The third-order valence-corrected chi connectivity index (χ3v) is 5.31. The Hall–Kier alpha value is -1.77. The maximum absolute atomic E-state index is 12.8. The lowest BCUT2D eigenvalue weighted by Gasteiger charge is -2.07. The fraction of sp³-hybridized carbons (Fsp3) is 0.250. The van der Waals surface area contributed by atoms with Gasteiger partial charge in [-0.2, -0.15) is 16.6 Å². The van der Waals surface area contributed by atoms with Crippen LogP contribution < -0.4 is 0 Å². The van der Waals surface area contributed by atoms with E-state index in [2.05, 4.69) is 12.6 Å². The molecule has 2 aromatic rings. The molecule has 2 aromatic heterocycles. The van der Waals surface area contributed by atoms with E-state index >= 15 is 0 Å². The number of hydrogen-bond donors (Lipinski definition) is 0. The third-order valence-electron chi connectivity index (χ3n) is 3.60. The molecule has 0 radical (unpaired) electrons. The van der Waals surface area contributed by atoms with Crippen LogP contribution in [0.25, 0.3) is 0 Å². The van der Waals surface area contributed by atoms with Crippen molar-refractivity contribution in [1.29, 1.82) is 5.26 Å². The molecule has 1 aliphatic heterocycles. The SMILES string of the molecule is C=CCSc1cc2n(c1C(=O)c1ccsc1)CCC2C#N. The number of thiophene rings is 1. The van der Waals surface area contributed by atoms with Gasteiger partial charge in [0, 0.05) is 33.8 Å². The van der Waals surface area contributed by atoms with Crippen LogP contribution in [0.15, 0.2) is 40.4 Å². The molecule has 0 spiro atoms. The molecule has 21 heavy (non-hydrogen) atoms. The van der Waals surface area contributed by atoms with Crippen molar-refractivity contribution in [3.8, 4) is 6.07 Å². The molecule has 1 aliphatic rings. The summed E-state index contributed by atoms with van der Waals surface area (Å²) in [6, 6.07) is 6.19. The first-order valence-electron chi connectivity index (χ1n) is 6.70. The monoisotopic (exact) mass is 314 g/mol. The van der Waals surface area contributed by atoms with Crippen molar-refractivity contribution in [3.05, 3.63) is 52.5 Å². The van der Waals surface area contributed by atoms with Gasteiger partial charge in [-0.25, -0.2) is 0 Å². The van der Waals surface area contributed by atoms with E-state index in [-0.39, 0.29) is 11.7 Å². The number of nitrogens with zero attached hydrogens (tertiary/aromatic N) is 2. The zero-order valence-corrected chi connectivity index (χ0v) is 13.0. The molecule has 0 N–H and O–H groups in total. The first kappa shape index (κ1) is 14.2. The minimum atomic E-state index is -0.0999. The standard InChI is InChI=1S/C16H14N2OS2/c1-2-6-21-14-8-13-11(9-17)3-5-18(13)15(14)16(19)12-4-7-20-10-12/h2,4,7-8,10-11H,1,3,5-6H2. The van der Waals surface area contributed by atoms with Gasteiger partial charge < -0.3 is 4.57 Å². The van der Waals surface area contributed by atoms with Crippen LogP contribution in [-0.4, -0.2) is 16.1 Å². The van der Waals surface area contributed by atoms with Crippen molar-refractivity contribution in [2.75, 3.05) is 5.75 Å². The molecule has 106 valence electrons. The lowest BCUT2D eigenvalue weighted by molar-refractivity contribution is 0.102. The topological polar surface area (TPSA) is 45.8 Å². The number of hydrogen-bond acceptors (Lipinski definition) is 4. The molecule has 0 amide bonds. The van der Waals surface area contributed by atoms with Gasteiger partial charge in [0.05, 0.1) is 12.0 Å². The van der Waals surface area contributed by atoms with Crippen molar-refractivity contribution in [1.82, 2.24) is 4.57 Å². The fourth-order valence-electron chi connectivity index (χ4n) is 2.63. The highest BCUT2D eigenvalue weighted by molar-refractivity contribution is 7.99. The van der Waals surface area contributed by atoms with E-state index in [4.69, 9.17) is 0 Å². The number of carbonyl (C=O) groups excluding carboxylic acids is 1. The lowest BCUT2D eigenvalue weighted by atomic mass is 10.1. The Kier molecular flexibility index (Phi) is 4.00. The fourth-order valence-corrected chi connectivity index (χ4v) is 4.11. The second-order valence-corrected chi connectivity index (χ2v) is 6.69. The molecular weight excluding hydrogens is 300 g/mol. The van der Waals surface area contributed by atoms with E-state index in [1.807, 2.05) is 33.5 Å². The van der Waals surface area contributed by atoms with Crippen LogP contribution in [-0.2, 0) is 6.54 Å². The Morgan fingerprint density at radius 3 is 3.19 bits per heavy atom. The van der Waals surface area contributed by atoms with Gasteiger partial charge in [-0.15, -0.1) is 18.3 Å². The van der Waals surface area contributed by atoms with Crippen molar-refractivity contribution >= 4 is 28.9 Å². The predicted octanol–water partition coefficient (Wildman–Crippen LogP) is 4.07. The Labute approximate surface area is 131 Å². The van der Waals surface area contributed by atoms with Crippen molar-refractivity contribution in [3.63, 3.8) is 0 Å². The zero-order chi connectivity index (χ0) is 14.8. The highest BCUT2D eigenvalue weighted by Crippen LogP contribution is 2.37. The first-order valence-corrected chi connectivity index (χ1v) is 8.62.